The summed E-state index contributed by atoms with van der Waals surface area (Å²) in [6.45, 7) is 12.3. The van der Waals surface area contributed by atoms with Gasteiger partial charge in [0, 0.05) is 30.6 Å². The molecule has 9 heteroatoms. The molecule has 3 aliphatic rings. The zero-order valence-electron chi connectivity index (χ0n) is 25.1. The van der Waals surface area contributed by atoms with Crippen molar-refractivity contribution >= 4 is 35.2 Å². The Labute approximate surface area is 258 Å². The van der Waals surface area contributed by atoms with Crippen molar-refractivity contribution in [3.05, 3.63) is 85.5 Å². The number of thioether (sulfide) groups is 1. The summed E-state index contributed by atoms with van der Waals surface area (Å²) in [5, 5.41) is 10.2. The number of rotatable bonds is 12. The maximum Gasteiger partial charge on any atom is 0.251 e. The van der Waals surface area contributed by atoms with Crippen LogP contribution in [0.25, 0.3) is 0 Å². The van der Waals surface area contributed by atoms with Crippen molar-refractivity contribution in [3.63, 3.8) is 0 Å². The van der Waals surface area contributed by atoms with Crippen LogP contribution in [0.15, 0.2) is 79.9 Å². The van der Waals surface area contributed by atoms with Crippen LogP contribution in [0.5, 0.6) is 5.75 Å². The predicted molar refractivity (Wildman–Crippen MR) is 170 cm³/mol. The molecule has 0 saturated carbocycles. The van der Waals surface area contributed by atoms with Crippen molar-refractivity contribution in [3.8, 4) is 5.75 Å². The number of hydrogen-bond donors (Lipinski definition) is 1. The van der Waals surface area contributed by atoms with E-state index in [0.717, 1.165) is 12.0 Å². The smallest absolute Gasteiger partial charge is 0.251 e. The van der Waals surface area contributed by atoms with Gasteiger partial charge in [0.05, 0.1) is 36.3 Å². The lowest BCUT2D eigenvalue weighted by atomic mass is 9.65. The molecule has 3 fully saturated rings. The number of nitrogens with zero attached hydrogens (tertiary/aromatic N) is 3. The first kappa shape index (κ1) is 30.9. The van der Waals surface area contributed by atoms with Crippen molar-refractivity contribution < 1.29 is 24.2 Å². The maximum atomic E-state index is 14.7. The van der Waals surface area contributed by atoms with Crippen molar-refractivity contribution in [1.82, 2.24) is 9.80 Å². The minimum atomic E-state index is -0.848. The van der Waals surface area contributed by atoms with E-state index >= 15 is 0 Å². The number of fused-ring (bicyclic) bond motifs is 1. The Balaban J connectivity index is 1.56. The van der Waals surface area contributed by atoms with Gasteiger partial charge in [-0.05, 0) is 49.1 Å². The van der Waals surface area contributed by atoms with Gasteiger partial charge >= 0.3 is 0 Å². The fraction of sp³-hybridized carbons (Fsp3) is 0.441. The second-order valence-electron chi connectivity index (χ2n) is 11.8. The Morgan fingerprint density at radius 3 is 2.40 bits per heavy atom. The first-order chi connectivity index (χ1) is 20.7. The topological polar surface area (TPSA) is 90.4 Å². The highest BCUT2D eigenvalue weighted by Crippen LogP contribution is 2.69. The third kappa shape index (κ3) is 5.16. The molecular formula is C34H41N3O5S. The van der Waals surface area contributed by atoms with Crippen molar-refractivity contribution in [2.24, 2.45) is 17.8 Å². The quantitative estimate of drug-likeness (QED) is 0.367. The fourth-order valence-electron chi connectivity index (χ4n) is 7.35. The first-order valence-corrected chi connectivity index (χ1v) is 15.7. The number of likely N-dealkylation sites (tertiary alicyclic amines) is 1. The van der Waals surface area contributed by atoms with E-state index in [2.05, 4.69) is 20.1 Å². The summed E-state index contributed by atoms with van der Waals surface area (Å²) < 4.78 is 4.51. The molecule has 228 valence electrons. The lowest BCUT2D eigenvalue weighted by Gasteiger charge is -2.41. The molecule has 3 aliphatic heterocycles. The first-order valence-electron chi connectivity index (χ1n) is 14.8. The highest BCUT2D eigenvalue weighted by Gasteiger charge is 2.76. The van der Waals surface area contributed by atoms with E-state index < -0.39 is 28.7 Å². The van der Waals surface area contributed by atoms with E-state index in [1.54, 1.807) is 64.8 Å². The second-order valence-corrected chi connectivity index (χ2v) is 13.3. The van der Waals surface area contributed by atoms with E-state index in [4.69, 9.17) is 4.74 Å². The summed E-state index contributed by atoms with van der Waals surface area (Å²) in [6.07, 6.45) is 4.11. The molecule has 2 aromatic carbocycles. The number of aliphatic hydroxyl groups excluding tert-OH is 1. The van der Waals surface area contributed by atoms with Gasteiger partial charge in [-0.15, -0.1) is 24.9 Å². The van der Waals surface area contributed by atoms with Gasteiger partial charge in [0.15, 0.2) is 0 Å². The van der Waals surface area contributed by atoms with Crippen LogP contribution < -0.4 is 9.64 Å². The Bertz CT molecular complexity index is 1370. The van der Waals surface area contributed by atoms with Gasteiger partial charge in [-0.3, -0.25) is 14.4 Å². The van der Waals surface area contributed by atoms with Gasteiger partial charge in [0.2, 0.25) is 11.8 Å². The number of amides is 3. The Morgan fingerprint density at radius 2 is 1.79 bits per heavy atom. The van der Waals surface area contributed by atoms with Crippen LogP contribution in [-0.4, -0.2) is 81.5 Å². The monoisotopic (exact) mass is 603 g/mol. The van der Waals surface area contributed by atoms with Crippen molar-refractivity contribution in [2.45, 2.75) is 48.9 Å². The summed E-state index contributed by atoms with van der Waals surface area (Å²) in [5.74, 6) is -1.12. The van der Waals surface area contributed by atoms with Crippen LogP contribution in [0.4, 0.5) is 5.69 Å². The van der Waals surface area contributed by atoms with Crippen LogP contribution in [0.1, 0.15) is 25.8 Å². The van der Waals surface area contributed by atoms with Crippen LogP contribution in [0, 0.1) is 17.8 Å². The molecule has 2 aromatic rings. The van der Waals surface area contributed by atoms with Gasteiger partial charge < -0.3 is 24.5 Å². The SMILES string of the molecule is C=CCN(Cc1ccccc1)C(=O)[C@@H]1[C@H]2C(=O)N([C@H](C)CO)C(C(=O)N(CC=C)c3ccc(OC)cc3)C23S[C@@H]1CC3C. The highest BCUT2D eigenvalue weighted by molar-refractivity contribution is 8.02. The molecule has 1 N–H and O–H groups in total. The third-order valence-electron chi connectivity index (χ3n) is 9.28. The summed E-state index contributed by atoms with van der Waals surface area (Å²) in [6, 6.07) is 15.6. The zero-order valence-corrected chi connectivity index (χ0v) is 25.9. The summed E-state index contributed by atoms with van der Waals surface area (Å²) in [7, 11) is 1.59. The summed E-state index contributed by atoms with van der Waals surface area (Å²) in [4.78, 5) is 48.6. The molecule has 0 aliphatic carbocycles. The molecule has 5 rings (SSSR count). The number of aliphatic hydroxyl groups is 1. The third-order valence-corrected chi connectivity index (χ3v) is 11.4. The number of carbonyl (C=O) groups is 3. The average Bonchev–Trinajstić information content (AvgIpc) is 3.62. The summed E-state index contributed by atoms with van der Waals surface area (Å²) in [5.41, 5.74) is 1.66. The van der Waals surface area contributed by atoms with E-state index in [9.17, 15) is 19.5 Å². The van der Waals surface area contributed by atoms with Crippen LogP contribution in [0.3, 0.4) is 0 Å². The molecule has 3 unspecified atom stereocenters. The number of hydrogen-bond acceptors (Lipinski definition) is 6. The maximum absolute atomic E-state index is 14.7. The number of methoxy groups -OCH3 is 1. The van der Waals surface area contributed by atoms with Crippen molar-refractivity contribution in [1.29, 1.82) is 0 Å². The van der Waals surface area contributed by atoms with Crippen molar-refractivity contribution in [2.75, 3.05) is 31.7 Å². The largest absolute Gasteiger partial charge is 0.497 e. The molecule has 43 heavy (non-hydrogen) atoms. The van der Waals surface area contributed by atoms with E-state index in [1.165, 1.54) is 0 Å². The highest BCUT2D eigenvalue weighted by atomic mass is 32.2. The number of carbonyl (C=O) groups excluding carboxylic acids is 3. The zero-order chi connectivity index (χ0) is 30.9. The van der Waals surface area contributed by atoms with Gasteiger partial charge in [-0.2, -0.15) is 0 Å². The lowest BCUT2D eigenvalue weighted by molar-refractivity contribution is -0.145. The second kappa shape index (κ2) is 12.6. The Morgan fingerprint density at radius 1 is 1.12 bits per heavy atom. The van der Waals surface area contributed by atoms with Gasteiger partial charge in [0.1, 0.15) is 11.8 Å². The van der Waals surface area contributed by atoms with Crippen LogP contribution >= 0.6 is 11.8 Å². The molecule has 0 aromatic heterocycles. The number of anilines is 1. The van der Waals surface area contributed by atoms with Gasteiger partial charge in [-0.25, -0.2) is 0 Å². The summed E-state index contributed by atoms with van der Waals surface area (Å²) >= 11 is 1.63. The Hall–Kier alpha value is -3.56. The van der Waals surface area contributed by atoms with Crippen LogP contribution in [-0.2, 0) is 20.9 Å². The molecular weight excluding hydrogens is 562 g/mol. The molecule has 7 atom stereocenters. The standard InChI is InChI=1S/C34H41N3O5S/c1-6-17-35(20-24-11-9-8-10-12-24)31(39)28-27-19-22(3)34(43-27)29(28)32(40)37(23(4)21-38)30(34)33(41)36(18-7-2)25-13-15-26(42-5)16-14-25/h6-16,22-23,27-30,38H,1-2,17-21H2,3-5H3/t22?,23-,27-,28+,29+,30?,34?/m1/s1. The molecule has 3 saturated heterocycles. The average molecular weight is 604 g/mol. The van der Waals surface area contributed by atoms with E-state index in [-0.39, 0.29) is 42.0 Å². The van der Waals surface area contributed by atoms with Gasteiger partial charge in [0.25, 0.3) is 5.91 Å². The number of ether oxygens (including phenoxy) is 1. The Kier molecular flexibility index (Phi) is 9.04. The molecule has 2 bridgehead atoms. The fourth-order valence-corrected chi connectivity index (χ4v) is 9.74. The molecule has 3 heterocycles. The minimum absolute atomic E-state index is 0.00812. The molecule has 8 nitrogen and oxygen atoms in total. The molecule has 3 amide bonds. The van der Waals surface area contributed by atoms with E-state index in [0.29, 0.717) is 24.5 Å². The predicted octanol–water partition coefficient (Wildman–Crippen LogP) is 4.15. The normalized spacial score (nSPS) is 27.9. The van der Waals surface area contributed by atoms with E-state index in [1.807, 2.05) is 42.5 Å². The molecule has 0 radical (unpaired) electrons. The lowest BCUT2D eigenvalue weighted by Crippen LogP contribution is -2.59. The minimum Gasteiger partial charge on any atom is -0.497 e. The van der Waals surface area contributed by atoms with Gasteiger partial charge in [-0.1, -0.05) is 49.4 Å². The number of benzene rings is 2. The molecule has 1 spiro atoms. The van der Waals surface area contributed by atoms with Crippen LogP contribution in [0.2, 0.25) is 0 Å².